The predicted molar refractivity (Wildman–Crippen MR) is 87.3 cm³/mol. The van der Waals surface area contributed by atoms with Crippen molar-refractivity contribution in [1.82, 2.24) is 5.32 Å². The van der Waals surface area contributed by atoms with E-state index in [1.807, 2.05) is 20.8 Å². The van der Waals surface area contributed by atoms with Gasteiger partial charge in [0.2, 0.25) is 5.91 Å². The molecule has 0 unspecified atom stereocenters. The van der Waals surface area contributed by atoms with Crippen molar-refractivity contribution >= 4 is 35.2 Å². The molecule has 1 aromatic rings. The molecule has 0 aliphatic heterocycles. The number of hydrogen-bond acceptors (Lipinski definition) is 4. The molecule has 0 saturated carbocycles. The van der Waals surface area contributed by atoms with Crippen LogP contribution in [0.25, 0.3) is 0 Å². The summed E-state index contributed by atoms with van der Waals surface area (Å²) in [5, 5.41) is 13.5. The van der Waals surface area contributed by atoms with Crippen LogP contribution in [0.2, 0.25) is 0 Å². The van der Waals surface area contributed by atoms with Crippen molar-refractivity contribution in [2.24, 2.45) is 0 Å². The molecule has 22 heavy (non-hydrogen) atoms. The van der Waals surface area contributed by atoms with Gasteiger partial charge in [-0.3, -0.25) is 14.4 Å². The molecular weight excluding hydrogens is 304 g/mol. The van der Waals surface area contributed by atoms with Gasteiger partial charge in [0.05, 0.1) is 5.75 Å². The summed E-state index contributed by atoms with van der Waals surface area (Å²) in [7, 11) is 0. The van der Waals surface area contributed by atoms with Crippen LogP contribution >= 0.6 is 11.8 Å². The van der Waals surface area contributed by atoms with Crippen molar-refractivity contribution < 1.29 is 19.5 Å². The van der Waals surface area contributed by atoms with Gasteiger partial charge >= 0.3 is 5.97 Å². The lowest BCUT2D eigenvalue weighted by atomic mass is 10.2. The van der Waals surface area contributed by atoms with E-state index in [0.717, 1.165) is 0 Å². The van der Waals surface area contributed by atoms with E-state index in [1.165, 1.54) is 12.1 Å². The number of thioether (sulfide) groups is 1. The first-order valence-corrected chi connectivity index (χ1v) is 7.70. The van der Waals surface area contributed by atoms with Crippen molar-refractivity contribution in [2.45, 2.75) is 25.5 Å². The molecule has 6 nitrogen and oxygen atoms in total. The lowest BCUT2D eigenvalue weighted by molar-refractivity contribution is -0.135. The first-order valence-electron chi connectivity index (χ1n) is 6.71. The van der Waals surface area contributed by atoms with E-state index >= 15 is 0 Å². The Labute approximate surface area is 133 Å². The van der Waals surface area contributed by atoms with Crippen molar-refractivity contribution in [3.8, 4) is 0 Å². The molecule has 3 N–H and O–H groups in total. The van der Waals surface area contributed by atoms with Crippen LogP contribution < -0.4 is 10.6 Å². The molecule has 0 aliphatic carbocycles. The molecule has 1 rings (SSSR count). The minimum Gasteiger partial charge on any atom is -0.480 e. The third-order valence-corrected chi connectivity index (χ3v) is 3.74. The zero-order valence-corrected chi connectivity index (χ0v) is 13.6. The van der Waals surface area contributed by atoms with E-state index < -0.39 is 18.4 Å². The quantitative estimate of drug-likeness (QED) is 0.743. The van der Waals surface area contributed by atoms with Crippen LogP contribution in [0.5, 0.6) is 0 Å². The zero-order chi connectivity index (χ0) is 16.8. The molecule has 0 radical (unpaired) electrons. The van der Waals surface area contributed by atoms with Gasteiger partial charge in [0.1, 0.15) is 6.54 Å². The number of hydrogen-bond donors (Lipinski definition) is 3. The number of aliphatic carboxylic acids is 1. The van der Waals surface area contributed by atoms with Gasteiger partial charge in [-0.15, -0.1) is 11.8 Å². The Morgan fingerprint density at radius 3 is 2.23 bits per heavy atom. The first kappa shape index (κ1) is 18.0. The van der Waals surface area contributed by atoms with E-state index in [4.69, 9.17) is 5.11 Å². The number of amides is 2. The number of nitrogens with one attached hydrogen (secondary N) is 2. The van der Waals surface area contributed by atoms with Gasteiger partial charge < -0.3 is 15.7 Å². The fourth-order valence-corrected chi connectivity index (χ4v) is 2.08. The van der Waals surface area contributed by atoms with Gasteiger partial charge in [-0.05, 0) is 24.3 Å². The highest BCUT2D eigenvalue weighted by atomic mass is 32.2. The fourth-order valence-electron chi connectivity index (χ4n) is 1.44. The van der Waals surface area contributed by atoms with Crippen LogP contribution in [0.3, 0.4) is 0 Å². The van der Waals surface area contributed by atoms with Crippen LogP contribution in [0, 0.1) is 0 Å². The fraction of sp³-hybridized carbons (Fsp3) is 0.400. The molecule has 1 aromatic carbocycles. The minimum absolute atomic E-state index is 0.0173. The summed E-state index contributed by atoms with van der Waals surface area (Å²) in [5.41, 5.74) is 0.928. The van der Waals surface area contributed by atoms with Crippen LogP contribution in [-0.2, 0) is 9.59 Å². The molecule has 120 valence electrons. The summed E-state index contributed by atoms with van der Waals surface area (Å²) in [6, 6.07) is 6.28. The average Bonchev–Trinajstić information content (AvgIpc) is 2.42. The molecule has 0 spiro atoms. The molecule has 0 saturated heterocycles. The second-order valence-electron chi connectivity index (χ2n) is 5.60. The summed E-state index contributed by atoms with van der Waals surface area (Å²) < 4.78 is 0.0173. The lowest BCUT2D eigenvalue weighted by Crippen LogP contribution is -2.29. The highest BCUT2D eigenvalue weighted by molar-refractivity contribution is 8.01. The summed E-state index contributed by atoms with van der Waals surface area (Å²) in [6.45, 7) is 5.68. The summed E-state index contributed by atoms with van der Waals surface area (Å²) in [4.78, 5) is 33.8. The van der Waals surface area contributed by atoms with Gasteiger partial charge in [0.25, 0.3) is 5.91 Å². The van der Waals surface area contributed by atoms with Crippen LogP contribution in [-0.4, -0.2) is 39.9 Å². The second-order valence-corrected chi connectivity index (χ2v) is 7.41. The molecule has 0 aromatic heterocycles. The Bertz CT molecular complexity index is 550. The molecule has 0 aliphatic rings. The first-order chi connectivity index (χ1) is 10.2. The van der Waals surface area contributed by atoms with E-state index in [2.05, 4.69) is 10.6 Å². The van der Waals surface area contributed by atoms with Gasteiger partial charge in [0, 0.05) is 16.0 Å². The average molecular weight is 324 g/mol. The monoisotopic (exact) mass is 324 g/mol. The number of anilines is 1. The highest BCUT2D eigenvalue weighted by Gasteiger charge is 2.13. The van der Waals surface area contributed by atoms with E-state index in [1.54, 1.807) is 23.9 Å². The van der Waals surface area contributed by atoms with Gasteiger partial charge in [-0.2, -0.15) is 0 Å². The highest BCUT2D eigenvalue weighted by Crippen LogP contribution is 2.23. The van der Waals surface area contributed by atoms with Crippen molar-refractivity contribution in [3.63, 3.8) is 0 Å². The lowest BCUT2D eigenvalue weighted by Gasteiger charge is -2.17. The van der Waals surface area contributed by atoms with E-state index in [-0.39, 0.29) is 10.7 Å². The number of carbonyl (C=O) groups is 3. The standard InChI is InChI=1S/C15H20N2O4S/c1-15(2,3)22-9-12(18)17-11-6-4-10(5-7-11)14(21)16-8-13(19)20/h4-7H,8-9H2,1-3H3,(H,16,21)(H,17,18)(H,19,20). The van der Waals surface area contributed by atoms with E-state index in [0.29, 0.717) is 17.0 Å². The Kier molecular flexibility index (Phi) is 6.42. The largest absolute Gasteiger partial charge is 0.480 e. The molecule has 0 atom stereocenters. The van der Waals surface area contributed by atoms with Crippen LogP contribution in [0.15, 0.2) is 24.3 Å². The van der Waals surface area contributed by atoms with Crippen molar-refractivity contribution in [2.75, 3.05) is 17.6 Å². The van der Waals surface area contributed by atoms with Crippen molar-refractivity contribution in [1.29, 1.82) is 0 Å². The Balaban J connectivity index is 2.52. The second kappa shape index (κ2) is 7.84. The smallest absolute Gasteiger partial charge is 0.322 e. The number of benzene rings is 1. The maximum Gasteiger partial charge on any atom is 0.322 e. The van der Waals surface area contributed by atoms with Gasteiger partial charge in [0.15, 0.2) is 0 Å². The number of carbonyl (C=O) groups excluding carboxylic acids is 2. The maximum atomic E-state index is 11.8. The number of carboxylic acid groups (broad SMARTS) is 1. The molecule has 2 amide bonds. The summed E-state index contributed by atoms with van der Waals surface area (Å²) >= 11 is 1.55. The van der Waals surface area contributed by atoms with Crippen LogP contribution in [0.1, 0.15) is 31.1 Å². The topological polar surface area (TPSA) is 95.5 Å². The number of rotatable bonds is 6. The molecule has 7 heteroatoms. The van der Waals surface area contributed by atoms with Gasteiger partial charge in [-0.1, -0.05) is 20.8 Å². The zero-order valence-electron chi connectivity index (χ0n) is 12.8. The van der Waals surface area contributed by atoms with E-state index in [9.17, 15) is 14.4 Å². The molecule has 0 heterocycles. The third-order valence-electron chi connectivity index (χ3n) is 2.47. The Morgan fingerprint density at radius 2 is 1.73 bits per heavy atom. The van der Waals surface area contributed by atoms with Crippen molar-refractivity contribution in [3.05, 3.63) is 29.8 Å². The molecular formula is C15H20N2O4S. The summed E-state index contributed by atoms with van der Waals surface area (Å²) in [5.74, 6) is -1.33. The summed E-state index contributed by atoms with van der Waals surface area (Å²) in [6.07, 6.45) is 0. The number of carboxylic acids is 1. The predicted octanol–water partition coefficient (Wildman–Crippen LogP) is 1.97. The SMILES string of the molecule is CC(C)(C)SCC(=O)Nc1ccc(C(=O)NCC(=O)O)cc1. The molecule has 0 bridgehead atoms. The maximum absolute atomic E-state index is 11.8. The van der Waals surface area contributed by atoms with Crippen LogP contribution in [0.4, 0.5) is 5.69 Å². The minimum atomic E-state index is -1.10. The normalized spacial score (nSPS) is 10.9. The van der Waals surface area contributed by atoms with Gasteiger partial charge in [-0.25, -0.2) is 0 Å². The Hall–Kier alpha value is -2.02. The third kappa shape index (κ3) is 7.12. The molecule has 0 fully saturated rings. The Morgan fingerprint density at radius 1 is 1.14 bits per heavy atom.